The van der Waals surface area contributed by atoms with Crippen LogP contribution in [0.25, 0.3) is 22.2 Å². The second kappa shape index (κ2) is 5.51. The Morgan fingerprint density at radius 1 is 1.35 bits per heavy atom. The van der Waals surface area contributed by atoms with Crippen LogP contribution in [0.5, 0.6) is 5.75 Å². The molecule has 23 heavy (non-hydrogen) atoms. The molecule has 0 N–H and O–H groups in total. The standard InChI is InChI=1S/C16H13N3O3S/c1-2-19-11-8-10(5-6-12(11)21-9-14(19)20)15-17-16(22-18-15)13-4-3-7-23-13/h3-8H,2,9H2,1H3. The number of ether oxygens (including phenoxy) is 1. The Hall–Kier alpha value is -2.67. The Morgan fingerprint density at radius 2 is 2.26 bits per heavy atom. The van der Waals surface area contributed by atoms with Crippen LogP contribution in [0.2, 0.25) is 0 Å². The van der Waals surface area contributed by atoms with Crippen molar-refractivity contribution in [3.8, 4) is 27.9 Å². The molecule has 1 aromatic carbocycles. The number of likely N-dealkylation sites (N-methyl/N-ethyl adjacent to an activating group) is 1. The van der Waals surface area contributed by atoms with E-state index < -0.39 is 0 Å². The Morgan fingerprint density at radius 3 is 3.04 bits per heavy atom. The molecule has 2 aromatic heterocycles. The third kappa shape index (κ3) is 2.39. The van der Waals surface area contributed by atoms with E-state index in [1.807, 2.05) is 42.6 Å². The summed E-state index contributed by atoms with van der Waals surface area (Å²) in [7, 11) is 0. The van der Waals surface area contributed by atoms with Crippen molar-refractivity contribution in [1.29, 1.82) is 0 Å². The fourth-order valence-electron chi connectivity index (χ4n) is 2.53. The Bertz CT molecular complexity index is 857. The number of anilines is 1. The number of thiophene rings is 1. The van der Waals surface area contributed by atoms with Crippen LogP contribution in [0.4, 0.5) is 5.69 Å². The minimum Gasteiger partial charge on any atom is -0.482 e. The maximum Gasteiger partial charge on any atom is 0.268 e. The SMILES string of the molecule is CCN1C(=O)COc2ccc(-c3noc(-c4cccs4)n3)cc21. The highest BCUT2D eigenvalue weighted by molar-refractivity contribution is 7.13. The van der Waals surface area contributed by atoms with E-state index in [0.29, 0.717) is 24.0 Å². The fraction of sp³-hybridized carbons (Fsp3) is 0.188. The van der Waals surface area contributed by atoms with Crippen molar-refractivity contribution in [3.63, 3.8) is 0 Å². The summed E-state index contributed by atoms with van der Waals surface area (Å²) in [5.41, 5.74) is 1.52. The lowest BCUT2D eigenvalue weighted by Gasteiger charge is -2.28. The van der Waals surface area contributed by atoms with Crippen LogP contribution in [0.3, 0.4) is 0 Å². The summed E-state index contributed by atoms with van der Waals surface area (Å²) < 4.78 is 10.8. The van der Waals surface area contributed by atoms with Gasteiger partial charge in [0.1, 0.15) is 5.75 Å². The summed E-state index contributed by atoms with van der Waals surface area (Å²) in [4.78, 5) is 19.0. The molecule has 0 atom stereocenters. The summed E-state index contributed by atoms with van der Waals surface area (Å²) in [5, 5.41) is 6.00. The van der Waals surface area contributed by atoms with Gasteiger partial charge in [0.05, 0.1) is 10.6 Å². The smallest absolute Gasteiger partial charge is 0.268 e. The van der Waals surface area contributed by atoms with Gasteiger partial charge < -0.3 is 14.2 Å². The van der Waals surface area contributed by atoms with E-state index in [1.165, 1.54) is 0 Å². The lowest BCUT2D eigenvalue weighted by atomic mass is 10.1. The zero-order chi connectivity index (χ0) is 15.8. The lowest BCUT2D eigenvalue weighted by Crippen LogP contribution is -2.38. The first-order valence-corrected chi connectivity index (χ1v) is 8.09. The number of carbonyl (C=O) groups is 1. The van der Waals surface area contributed by atoms with Crippen LogP contribution < -0.4 is 9.64 Å². The summed E-state index contributed by atoms with van der Waals surface area (Å²) in [6.45, 7) is 2.60. The number of aromatic nitrogens is 2. The molecule has 4 rings (SSSR count). The molecule has 1 aliphatic rings. The molecule has 7 heteroatoms. The molecule has 0 radical (unpaired) electrons. The monoisotopic (exact) mass is 327 g/mol. The molecule has 3 aromatic rings. The average molecular weight is 327 g/mol. The normalized spacial score (nSPS) is 13.8. The Balaban J connectivity index is 1.73. The quantitative estimate of drug-likeness (QED) is 0.739. The van der Waals surface area contributed by atoms with Gasteiger partial charge in [-0.3, -0.25) is 4.79 Å². The minimum absolute atomic E-state index is 0.0514. The third-order valence-electron chi connectivity index (χ3n) is 3.63. The molecule has 0 saturated heterocycles. The number of amides is 1. The first-order chi connectivity index (χ1) is 11.3. The number of carbonyl (C=O) groups excluding carboxylic acids is 1. The van der Waals surface area contributed by atoms with Crippen molar-refractivity contribution >= 4 is 22.9 Å². The van der Waals surface area contributed by atoms with E-state index in [9.17, 15) is 4.79 Å². The van der Waals surface area contributed by atoms with Crippen LogP contribution in [0, 0.1) is 0 Å². The summed E-state index contributed by atoms with van der Waals surface area (Å²) in [5.74, 6) is 1.62. The summed E-state index contributed by atoms with van der Waals surface area (Å²) in [6, 6.07) is 9.43. The van der Waals surface area contributed by atoms with Gasteiger partial charge in [-0.25, -0.2) is 0 Å². The van der Waals surface area contributed by atoms with Crippen LogP contribution >= 0.6 is 11.3 Å². The van der Waals surface area contributed by atoms with E-state index in [1.54, 1.807) is 16.2 Å². The average Bonchev–Trinajstić information content (AvgIpc) is 3.25. The van der Waals surface area contributed by atoms with Gasteiger partial charge in [0.2, 0.25) is 5.82 Å². The zero-order valence-electron chi connectivity index (χ0n) is 12.4. The van der Waals surface area contributed by atoms with Gasteiger partial charge in [-0.15, -0.1) is 11.3 Å². The highest BCUT2D eigenvalue weighted by Gasteiger charge is 2.25. The van der Waals surface area contributed by atoms with Crippen LogP contribution in [0.15, 0.2) is 40.2 Å². The molecule has 0 unspecified atom stereocenters. The molecular weight excluding hydrogens is 314 g/mol. The topological polar surface area (TPSA) is 68.5 Å². The Kier molecular flexibility index (Phi) is 3.34. The molecule has 116 valence electrons. The summed E-state index contributed by atoms with van der Waals surface area (Å²) >= 11 is 1.54. The number of nitrogens with zero attached hydrogens (tertiary/aromatic N) is 3. The van der Waals surface area contributed by atoms with E-state index in [4.69, 9.17) is 9.26 Å². The van der Waals surface area contributed by atoms with Gasteiger partial charge in [0, 0.05) is 12.1 Å². The number of hydrogen-bond acceptors (Lipinski definition) is 6. The first-order valence-electron chi connectivity index (χ1n) is 7.21. The highest BCUT2D eigenvalue weighted by atomic mass is 32.1. The van der Waals surface area contributed by atoms with Crippen LogP contribution in [-0.4, -0.2) is 29.2 Å². The lowest BCUT2D eigenvalue weighted by molar-refractivity contribution is -0.121. The second-order valence-corrected chi connectivity index (χ2v) is 5.96. The molecule has 0 spiro atoms. The van der Waals surface area contributed by atoms with Gasteiger partial charge >= 0.3 is 0 Å². The molecule has 1 aliphatic heterocycles. The van der Waals surface area contributed by atoms with Crippen molar-refractivity contribution in [2.75, 3.05) is 18.1 Å². The second-order valence-electron chi connectivity index (χ2n) is 5.01. The van der Waals surface area contributed by atoms with E-state index >= 15 is 0 Å². The summed E-state index contributed by atoms with van der Waals surface area (Å²) in [6.07, 6.45) is 0. The molecule has 0 aliphatic carbocycles. The van der Waals surface area contributed by atoms with Crippen molar-refractivity contribution in [3.05, 3.63) is 35.7 Å². The molecular formula is C16H13N3O3S. The molecule has 6 nitrogen and oxygen atoms in total. The zero-order valence-corrected chi connectivity index (χ0v) is 13.2. The molecule has 3 heterocycles. The third-order valence-corrected chi connectivity index (χ3v) is 4.49. The minimum atomic E-state index is -0.0514. The number of benzene rings is 1. The predicted molar refractivity (Wildman–Crippen MR) is 86.6 cm³/mol. The van der Waals surface area contributed by atoms with Crippen molar-refractivity contribution in [2.45, 2.75) is 6.92 Å². The van der Waals surface area contributed by atoms with Gasteiger partial charge in [0.25, 0.3) is 11.8 Å². The maximum absolute atomic E-state index is 11.9. The molecule has 1 amide bonds. The van der Waals surface area contributed by atoms with E-state index in [-0.39, 0.29) is 12.5 Å². The van der Waals surface area contributed by atoms with Crippen LogP contribution in [0.1, 0.15) is 6.92 Å². The van der Waals surface area contributed by atoms with E-state index in [2.05, 4.69) is 10.1 Å². The number of hydrogen-bond donors (Lipinski definition) is 0. The van der Waals surface area contributed by atoms with E-state index in [0.717, 1.165) is 16.1 Å². The van der Waals surface area contributed by atoms with Gasteiger partial charge in [-0.05, 0) is 36.6 Å². The fourth-order valence-corrected chi connectivity index (χ4v) is 3.17. The van der Waals surface area contributed by atoms with Gasteiger partial charge in [0.15, 0.2) is 6.61 Å². The Labute approximate surface area is 136 Å². The predicted octanol–water partition coefficient (Wildman–Crippen LogP) is 3.21. The first kappa shape index (κ1) is 14.0. The highest BCUT2D eigenvalue weighted by Crippen LogP contribution is 2.35. The van der Waals surface area contributed by atoms with Crippen molar-refractivity contribution < 1.29 is 14.1 Å². The largest absolute Gasteiger partial charge is 0.482 e. The van der Waals surface area contributed by atoms with Gasteiger partial charge in [-0.1, -0.05) is 11.2 Å². The number of fused-ring (bicyclic) bond motifs is 1. The van der Waals surface area contributed by atoms with Gasteiger partial charge in [-0.2, -0.15) is 4.98 Å². The van der Waals surface area contributed by atoms with Crippen molar-refractivity contribution in [2.24, 2.45) is 0 Å². The number of rotatable bonds is 3. The maximum atomic E-state index is 11.9. The van der Waals surface area contributed by atoms with Crippen LogP contribution in [-0.2, 0) is 4.79 Å². The molecule has 0 bridgehead atoms. The van der Waals surface area contributed by atoms with Crippen molar-refractivity contribution in [1.82, 2.24) is 10.1 Å². The molecule has 0 fully saturated rings. The molecule has 0 saturated carbocycles.